The predicted octanol–water partition coefficient (Wildman–Crippen LogP) is 3.27. The number of hydrogen-bond donors (Lipinski definition) is 2. The minimum Gasteiger partial charge on any atom is -0.357 e. The molecular formula is C17H26F3IN4O2S2. The van der Waals surface area contributed by atoms with Crippen LogP contribution >= 0.6 is 35.7 Å². The van der Waals surface area contributed by atoms with E-state index in [1.54, 1.807) is 11.8 Å². The van der Waals surface area contributed by atoms with Gasteiger partial charge in [0.05, 0.1) is 6.54 Å². The second-order valence-corrected chi connectivity index (χ2v) is 9.29. The Bertz CT molecular complexity index is 741. The van der Waals surface area contributed by atoms with Crippen LogP contribution in [0.1, 0.15) is 19.8 Å². The van der Waals surface area contributed by atoms with Crippen LogP contribution in [0.4, 0.5) is 13.2 Å². The van der Waals surface area contributed by atoms with E-state index in [-0.39, 0.29) is 43.1 Å². The summed E-state index contributed by atoms with van der Waals surface area (Å²) in [7, 11) is -5.25. The molecule has 0 unspecified atom stereocenters. The highest BCUT2D eigenvalue weighted by Gasteiger charge is 2.50. The van der Waals surface area contributed by atoms with E-state index in [0.717, 1.165) is 10.6 Å². The van der Waals surface area contributed by atoms with Gasteiger partial charge in [0, 0.05) is 36.3 Å². The molecule has 1 aromatic rings. The summed E-state index contributed by atoms with van der Waals surface area (Å²) in [5.74, 6) is 1.39. The lowest BCUT2D eigenvalue weighted by atomic mass is 10.1. The number of alkyl halides is 3. The fourth-order valence-corrected chi connectivity index (χ4v) is 4.49. The number of nitrogens with zero attached hydrogens (tertiary/aromatic N) is 2. The zero-order valence-electron chi connectivity index (χ0n) is 16.0. The number of halogens is 4. The molecule has 0 aliphatic carbocycles. The molecule has 1 aliphatic heterocycles. The number of sulfonamides is 1. The van der Waals surface area contributed by atoms with Gasteiger partial charge in [-0.3, -0.25) is 4.99 Å². The molecule has 1 saturated heterocycles. The second-order valence-electron chi connectivity index (χ2n) is 6.19. The molecule has 0 radical (unpaired) electrons. The fraction of sp³-hybridized carbons (Fsp3) is 0.588. The maximum atomic E-state index is 12.6. The van der Waals surface area contributed by atoms with Crippen molar-refractivity contribution in [3.05, 3.63) is 30.3 Å². The third kappa shape index (κ3) is 8.13. The third-order valence-corrected chi connectivity index (χ3v) is 6.77. The first-order valence-corrected chi connectivity index (χ1v) is 11.5. The number of piperidine rings is 1. The van der Waals surface area contributed by atoms with Gasteiger partial charge in [0.1, 0.15) is 0 Å². The Labute approximate surface area is 191 Å². The Hall–Kier alpha value is -0.730. The van der Waals surface area contributed by atoms with Crippen LogP contribution in [0.15, 0.2) is 40.2 Å². The van der Waals surface area contributed by atoms with Gasteiger partial charge in [-0.2, -0.15) is 17.5 Å². The van der Waals surface area contributed by atoms with Crippen LogP contribution in [0.5, 0.6) is 0 Å². The Morgan fingerprint density at radius 2 is 1.86 bits per heavy atom. The minimum atomic E-state index is -5.25. The monoisotopic (exact) mass is 566 g/mol. The standard InChI is InChI=1S/C17H25F3N4O2S2.HI/c1-2-21-16(22-10-13-27-15-6-4-3-5-7-15)23-14-8-11-24(12-9-14)28(25,26)17(18,19)20;/h3-7,14H,2,8-13H2,1H3,(H2,21,22,23);1H. The van der Waals surface area contributed by atoms with Crippen LogP contribution in [0, 0.1) is 0 Å². The average molecular weight is 566 g/mol. The highest BCUT2D eigenvalue weighted by Crippen LogP contribution is 2.28. The summed E-state index contributed by atoms with van der Waals surface area (Å²) in [5.41, 5.74) is -5.25. The molecule has 166 valence electrons. The maximum absolute atomic E-state index is 12.6. The van der Waals surface area contributed by atoms with E-state index < -0.39 is 15.5 Å². The topological polar surface area (TPSA) is 73.8 Å². The van der Waals surface area contributed by atoms with Gasteiger partial charge in [0.25, 0.3) is 0 Å². The average Bonchev–Trinajstić information content (AvgIpc) is 2.66. The number of nitrogens with one attached hydrogen (secondary N) is 2. The van der Waals surface area contributed by atoms with E-state index in [9.17, 15) is 21.6 Å². The van der Waals surface area contributed by atoms with Gasteiger partial charge in [-0.1, -0.05) is 18.2 Å². The quantitative estimate of drug-likeness (QED) is 0.174. The lowest BCUT2D eigenvalue weighted by molar-refractivity contribution is -0.0494. The Balaban J connectivity index is 0.00000420. The highest BCUT2D eigenvalue weighted by atomic mass is 127. The number of hydrogen-bond acceptors (Lipinski definition) is 4. The normalized spacial score (nSPS) is 16.9. The van der Waals surface area contributed by atoms with Gasteiger partial charge in [0.2, 0.25) is 0 Å². The molecule has 0 amide bonds. The molecule has 1 aliphatic rings. The Kier molecular flexibility index (Phi) is 11.1. The van der Waals surface area contributed by atoms with Crippen molar-refractivity contribution < 1.29 is 21.6 Å². The third-order valence-electron chi connectivity index (χ3n) is 4.14. The number of aliphatic imine (C=N–C) groups is 1. The van der Waals surface area contributed by atoms with Gasteiger partial charge in [-0.15, -0.1) is 35.7 Å². The molecule has 2 rings (SSSR count). The molecule has 1 aromatic carbocycles. The molecule has 0 aromatic heterocycles. The largest absolute Gasteiger partial charge is 0.511 e. The summed E-state index contributed by atoms with van der Waals surface area (Å²) in [6.45, 7) is 2.83. The number of guanidine groups is 1. The zero-order chi connectivity index (χ0) is 20.6. The lowest BCUT2D eigenvalue weighted by Gasteiger charge is -2.32. The van der Waals surface area contributed by atoms with Crippen molar-refractivity contribution in [1.82, 2.24) is 14.9 Å². The molecule has 0 saturated carbocycles. The minimum absolute atomic E-state index is 0. The van der Waals surface area contributed by atoms with Crippen molar-refractivity contribution >= 4 is 51.7 Å². The van der Waals surface area contributed by atoms with Crippen LogP contribution in [-0.4, -0.2) is 62.2 Å². The summed E-state index contributed by atoms with van der Waals surface area (Å²) in [6, 6.07) is 9.84. The molecule has 0 spiro atoms. The van der Waals surface area contributed by atoms with E-state index in [2.05, 4.69) is 15.6 Å². The lowest BCUT2D eigenvalue weighted by Crippen LogP contribution is -2.51. The molecule has 12 heteroatoms. The summed E-state index contributed by atoms with van der Waals surface area (Å²) in [4.78, 5) is 5.65. The SMILES string of the molecule is CCNC(=NCCSc1ccccc1)NC1CCN(S(=O)(=O)C(F)(F)F)CC1.I. The van der Waals surface area contributed by atoms with Crippen LogP contribution in [0.2, 0.25) is 0 Å². The first kappa shape index (κ1) is 26.3. The first-order valence-electron chi connectivity index (χ1n) is 9.03. The van der Waals surface area contributed by atoms with Crippen molar-refractivity contribution in [3.8, 4) is 0 Å². The zero-order valence-corrected chi connectivity index (χ0v) is 19.9. The van der Waals surface area contributed by atoms with Crippen molar-refractivity contribution in [3.63, 3.8) is 0 Å². The summed E-state index contributed by atoms with van der Waals surface area (Å²) in [5, 5.41) is 6.31. The van der Waals surface area contributed by atoms with Crippen LogP contribution in [0.3, 0.4) is 0 Å². The molecule has 0 bridgehead atoms. The smallest absolute Gasteiger partial charge is 0.357 e. The first-order chi connectivity index (χ1) is 13.2. The summed E-state index contributed by atoms with van der Waals surface area (Å²) in [6.07, 6.45) is 0.580. The van der Waals surface area contributed by atoms with E-state index in [1.165, 1.54) is 0 Å². The Morgan fingerprint density at radius 3 is 2.41 bits per heavy atom. The fourth-order valence-electron chi connectivity index (χ4n) is 2.74. The van der Waals surface area contributed by atoms with Gasteiger partial charge in [0.15, 0.2) is 5.96 Å². The predicted molar refractivity (Wildman–Crippen MR) is 121 cm³/mol. The van der Waals surface area contributed by atoms with Crippen molar-refractivity contribution in [2.45, 2.75) is 36.2 Å². The van der Waals surface area contributed by atoms with E-state index in [1.807, 2.05) is 37.3 Å². The summed E-state index contributed by atoms with van der Waals surface area (Å²) >= 11 is 1.69. The van der Waals surface area contributed by atoms with Gasteiger partial charge in [-0.05, 0) is 31.9 Å². The Morgan fingerprint density at radius 1 is 1.24 bits per heavy atom. The molecule has 1 fully saturated rings. The number of benzene rings is 1. The van der Waals surface area contributed by atoms with Crippen molar-refractivity contribution in [2.75, 3.05) is 31.9 Å². The van der Waals surface area contributed by atoms with Crippen molar-refractivity contribution in [1.29, 1.82) is 0 Å². The second kappa shape index (κ2) is 12.2. The van der Waals surface area contributed by atoms with Crippen molar-refractivity contribution in [2.24, 2.45) is 4.99 Å². The van der Waals surface area contributed by atoms with E-state index >= 15 is 0 Å². The molecular weight excluding hydrogens is 540 g/mol. The number of rotatable bonds is 7. The van der Waals surface area contributed by atoms with Crippen LogP contribution in [0.25, 0.3) is 0 Å². The van der Waals surface area contributed by atoms with Gasteiger partial charge >= 0.3 is 15.5 Å². The van der Waals surface area contributed by atoms with Gasteiger partial charge < -0.3 is 10.6 Å². The van der Waals surface area contributed by atoms with Gasteiger partial charge in [-0.25, -0.2) is 8.42 Å². The van der Waals surface area contributed by atoms with E-state index in [0.29, 0.717) is 36.2 Å². The van der Waals surface area contributed by atoms with Crippen LogP contribution < -0.4 is 10.6 Å². The molecule has 2 N–H and O–H groups in total. The molecule has 6 nitrogen and oxygen atoms in total. The van der Waals surface area contributed by atoms with Crippen LogP contribution in [-0.2, 0) is 10.0 Å². The molecule has 29 heavy (non-hydrogen) atoms. The number of thioether (sulfide) groups is 1. The van der Waals surface area contributed by atoms with E-state index in [4.69, 9.17) is 0 Å². The molecule has 1 heterocycles. The summed E-state index contributed by atoms with van der Waals surface area (Å²) < 4.78 is 61.4. The highest BCUT2D eigenvalue weighted by molar-refractivity contribution is 14.0. The molecule has 0 atom stereocenters. The maximum Gasteiger partial charge on any atom is 0.511 e.